The first kappa shape index (κ1) is 24.1. The fourth-order valence-electron chi connectivity index (χ4n) is 3.12. The van der Waals surface area contributed by atoms with Crippen LogP contribution in [0.3, 0.4) is 0 Å². The molecule has 172 valence electrons. The lowest BCUT2D eigenvalue weighted by Gasteiger charge is -2.21. The summed E-state index contributed by atoms with van der Waals surface area (Å²) in [5.41, 5.74) is 1.85. The van der Waals surface area contributed by atoms with E-state index in [1.54, 1.807) is 66.7 Å². The molecule has 0 spiro atoms. The molecule has 1 amide bonds. The molecule has 0 aliphatic carbocycles. The molecule has 0 saturated heterocycles. The van der Waals surface area contributed by atoms with Crippen molar-refractivity contribution in [2.75, 3.05) is 18.0 Å². The maximum atomic E-state index is 13.4. The van der Waals surface area contributed by atoms with Gasteiger partial charge in [-0.05, 0) is 61.4 Å². The Balaban J connectivity index is 1.95. The summed E-state index contributed by atoms with van der Waals surface area (Å²) in [6.07, 6.45) is 3.65. The van der Waals surface area contributed by atoms with E-state index in [1.807, 2.05) is 13.8 Å². The predicted molar refractivity (Wildman–Crippen MR) is 130 cm³/mol. The van der Waals surface area contributed by atoms with E-state index in [-0.39, 0.29) is 10.6 Å². The zero-order valence-corrected chi connectivity index (χ0v) is 19.7. The van der Waals surface area contributed by atoms with Crippen molar-refractivity contribution >= 4 is 27.7 Å². The van der Waals surface area contributed by atoms with E-state index in [9.17, 15) is 13.2 Å². The van der Waals surface area contributed by atoms with E-state index in [1.165, 1.54) is 25.3 Å². The maximum Gasteiger partial charge on any atom is 0.271 e. The van der Waals surface area contributed by atoms with E-state index in [0.29, 0.717) is 23.7 Å². The fourth-order valence-corrected chi connectivity index (χ4v) is 4.51. The number of carbonyl (C=O) groups excluding carboxylic acids is 1. The first-order valence-corrected chi connectivity index (χ1v) is 12.0. The highest BCUT2D eigenvalue weighted by Crippen LogP contribution is 2.29. The first-order chi connectivity index (χ1) is 15.9. The molecule has 0 aliphatic heterocycles. The smallest absolute Gasteiger partial charge is 0.271 e. The average Bonchev–Trinajstić information content (AvgIpc) is 2.82. The topological polar surface area (TPSA) is 72.9 Å². The van der Waals surface area contributed by atoms with Gasteiger partial charge in [0.1, 0.15) is 0 Å². The van der Waals surface area contributed by atoms with Crippen LogP contribution in [0.2, 0.25) is 0 Å². The van der Waals surface area contributed by atoms with Gasteiger partial charge in [0.25, 0.3) is 15.9 Å². The highest BCUT2D eigenvalue weighted by atomic mass is 32.2. The quantitative estimate of drug-likeness (QED) is 0.405. The van der Waals surface area contributed by atoms with Gasteiger partial charge in [-0.1, -0.05) is 48.9 Å². The summed E-state index contributed by atoms with van der Waals surface area (Å²) in [6.45, 7) is 4.44. The number of amides is 1. The number of nitrogens with zero attached hydrogens (tertiary/aromatic N) is 1. The van der Waals surface area contributed by atoms with Crippen LogP contribution < -0.4 is 13.8 Å². The third-order valence-corrected chi connectivity index (χ3v) is 6.56. The number of carbonyl (C=O) groups is 1. The molecule has 0 bridgehead atoms. The molecule has 3 aromatic carbocycles. The van der Waals surface area contributed by atoms with Gasteiger partial charge in [-0.25, -0.2) is 8.42 Å². The van der Waals surface area contributed by atoms with Gasteiger partial charge in [0.15, 0.2) is 11.5 Å². The van der Waals surface area contributed by atoms with E-state index in [2.05, 4.69) is 0 Å². The largest absolute Gasteiger partial charge is 0.493 e. The van der Waals surface area contributed by atoms with Gasteiger partial charge in [0.05, 0.1) is 24.3 Å². The summed E-state index contributed by atoms with van der Waals surface area (Å²) in [6, 6.07) is 20.0. The molecule has 0 unspecified atom stereocenters. The van der Waals surface area contributed by atoms with Gasteiger partial charge in [-0.2, -0.15) is 4.31 Å². The molecule has 0 N–H and O–H groups in total. The van der Waals surface area contributed by atoms with Crippen LogP contribution in [0.5, 0.6) is 11.5 Å². The molecular formula is C26H27NO5S. The Bertz CT molecular complexity index is 1220. The number of hydrogen-bond acceptors (Lipinski definition) is 5. The highest BCUT2D eigenvalue weighted by Gasteiger charge is 2.29. The lowest BCUT2D eigenvalue weighted by molar-refractivity contribution is -0.113. The van der Waals surface area contributed by atoms with Crippen LogP contribution in [0, 0.1) is 6.92 Å². The lowest BCUT2D eigenvalue weighted by Crippen LogP contribution is -2.35. The van der Waals surface area contributed by atoms with Gasteiger partial charge < -0.3 is 9.47 Å². The number of methoxy groups -OCH3 is 1. The highest BCUT2D eigenvalue weighted by molar-refractivity contribution is 7.93. The molecule has 0 heterocycles. The van der Waals surface area contributed by atoms with E-state index < -0.39 is 15.9 Å². The zero-order chi connectivity index (χ0) is 23.8. The predicted octanol–water partition coefficient (Wildman–Crippen LogP) is 5.23. The van der Waals surface area contributed by atoms with Crippen LogP contribution in [0.15, 0.2) is 83.8 Å². The second kappa shape index (κ2) is 10.8. The van der Waals surface area contributed by atoms with Gasteiger partial charge in [0.2, 0.25) is 0 Å². The zero-order valence-electron chi connectivity index (χ0n) is 18.9. The molecule has 7 heteroatoms. The number of ether oxygens (including phenoxy) is 2. The average molecular weight is 466 g/mol. The first-order valence-electron chi connectivity index (χ1n) is 10.6. The summed E-state index contributed by atoms with van der Waals surface area (Å²) >= 11 is 0. The Hall–Kier alpha value is -3.58. The molecule has 0 fully saturated rings. The van der Waals surface area contributed by atoms with Crippen molar-refractivity contribution in [1.82, 2.24) is 0 Å². The summed E-state index contributed by atoms with van der Waals surface area (Å²) < 4.78 is 38.6. The van der Waals surface area contributed by atoms with Crippen molar-refractivity contribution < 1.29 is 22.7 Å². The minimum atomic E-state index is -4.12. The van der Waals surface area contributed by atoms with Crippen molar-refractivity contribution in [1.29, 1.82) is 0 Å². The van der Waals surface area contributed by atoms with Gasteiger partial charge in [0, 0.05) is 6.08 Å². The summed E-state index contributed by atoms with van der Waals surface area (Å²) in [5, 5.41) is 0. The summed E-state index contributed by atoms with van der Waals surface area (Å²) in [7, 11) is -2.58. The van der Waals surface area contributed by atoms with Crippen LogP contribution >= 0.6 is 0 Å². The van der Waals surface area contributed by atoms with E-state index in [0.717, 1.165) is 16.3 Å². The Morgan fingerprint density at radius 2 is 1.67 bits per heavy atom. The van der Waals surface area contributed by atoms with Crippen molar-refractivity contribution in [3.8, 4) is 11.5 Å². The minimum Gasteiger partial charge on any atom is -0.493 e. The minimum absolute atomic E-state index is 0.0396. The standard InChI is InChI=1S/C26H27NO5S/c1-4-18-32-24-16-12-21(19-25(24)31-3)13-17-26(28)27(22-8-6-5-7-9-22)33(29,30)23-14-10-20(2)11-15-23/h5-17,19H,4,18H2,1-3H3/b17-13+. The number of anilines is 1. The molecule has 3 rings (SSSR count). The van der Waals surface area contributed by atoms with E-state index in [4.69, 9.17) is 9.47 Å². The summed E-state index contributed by atoms with van der Waals surface area (Å²) in [4.78, 5) is 13.2. The molecule has 6 nitrogen and oxygen atoms in total. The van der Waals surface area contributed by atoms with Gasteiger partial charge in [-0.15, -0.1) is 0 Å². The van der Waals surface area contributed by atoms with Gasteiger partial charge >= 0.3 is 0 Å². The van der Waals surface area contributed by atoms with Crippen LogP contribution in [0.4, 0.5) is 5.69 Å². The normalized spacial score (nSPS) is 11.4. The van der Waals surface area contributed by atoms with Crippen LogP contribution in [-0.2, 0) is 14.8 Å². The lowest BCUT2D eigenvalue weighted by atomic mass is 10.2. The second-order valence-corrected chi connectivity index (χ2v) is 9.14. The Kier molecular flexibility index (Phi) is 7.90. The molecule has 0 aromatic heterocycles. The third kappa shape index (κ3) is 5.81. The number of para-hydroxylation sites is 1. The Morgan fingerprint density at radius 3 is 2.30 bits per heavy atom. The van der Waals surface area contributed by atoms with Crippen LogP contribution in [0.25, 0.3) is 6.08 Å². The molecule has 0 atom stereocenters. The molecule has 0 radical (unpaired) electrons. The fraction of sp³-hybridized carbons (Fsp3) is 0.192. The number of aryl methyl sites for hydroxylation is 1. The Labute approximate surface area is 195 Å². The number of rotatable bonds is 9. The monoisotopic (exact) mass is 465 g/mol. The van der Waals surface area contributed by atoms with Crippen molar-refractivity contribution in [3.63, 3.8) is 0 Å². The van der Waals surface area contributed by atoms with Crippen molar-refractivity contribution in [2.45, 2.75) is 25.2 Å². The number of benzene rings is 3. The van der Waals surface area contributed by atoms with Crippen molar-refractivity contribution in [3.05, 3.63) is 90.0 Å². The van der Waals surface area contributed by atoms with Crippen molar-refractivity contribution in [2.24, 2.45) is 0 Å². The van der Waals surface area contributed by atoms with Gasteiger partial charge in [-0.3, -0.25) is 4.79 Å². The number of sulfonamides is 1. The number of hydrogen-bond donors (Lipinski definition) is 0. The van der Waals surface area contributed by atoms with Crippen LogP contribution in [-0.4, -0.2) is 28.0 Å². The molecule has 3 aromatic rings. The maximum absolute atomic E-state index is 13.4. The molecule has 0 saturated carbocycles. The Morgan fingerprint density at radius 1 is 0.970 bits per heavy atom. The molecular weight excluding hydrogens is 438 g/mol. The molecule has 33 heavy (non-hydrogen) atoms. The second-order valence-electron chi connectivity index (χ2n) is 7.35. The molecule has 0 aliphatic rings. The van der Waals surface area contributed by atoms with E-state index >= 15 is 0 Å². The third-order valence-electron chi connectivity index (χ3n) is 4.82. The SMILES string of the molecule is CCCOc1ccc(/C=C/C(=O)N(c2ccccc2)S(=O)(=O)c2ccc(C)cc2)cc1OC. The summed E-state index contributed by atoms with van der Waals surface area (Å²) in [5.74, 6) is 0.452. The van der Waals surface area contributed by atoms with Crippen LogP contribution in [0.1, 0.15) is 24.5 Å².